The second-order valence-electron chi connectivity index (χ2n) is 8.79. The molecule has 9 nitrogen and oxygen atoms in total. The van der Waals surface area contributed by atoms with Crippen molar-refractivity contribution in [1.29, 1.82) is 0 Å². The Hall–Kier alpha value is -2.20. The number of carbonyl (C=O) groups excluding carboxylic acids is 3. The molecule has 2 aliphatic heterocycles. The highest BCUT2D eigenvalue weighted by Gasteiger charge is 2.33. The minimum atomic E-state index is -0.478. The molecule has 2 fully saturated rings. The fourth-order valence-electron chi connectivity index (χ4n) is 3.61. The van der Waals surface area contributed by atoms with Gasteiger partial charge in [0.1, 0.15) is 4.88 Å². The number of aromatic nitrogens is 1. The van der Waals surface area contributed by atoms with Crippen molar-refractivity contribution < 1.29 is 19.1 Å². The number of hydrazine groups is 1. The van der Waals surface area contributed by atoms with Crippen LogP contribution in [0.5, 0.6) is 0 Å². The summed E-state index contributed by atoms with van der Waals surface area (Å²) >= 11 is 1.31. The number of likely N-dealkylation sites (tertiary alicyclic amines) is 1. The zero-order valence-corrected chi connectivity index (χ0v) is 18.9. The highest BCUT2D eigenvalue weighted by Crippen LogP contribution is 2.27. The van der Waals surface area contributed by atoms with E-state index in [1.807, 2.05) is 20.8 Å². The number of rotatable bonds is 3. The minimum absolute atomic E-state index is 0.0416. The number of aryl methyl sites for hydroxylation is 1. The Kier molecular flexibility index (Phi) is 6.97. The van der Waals surface area contributed by atoms with Crippen LogP contribution in [0.25, 0.3) is 0 Å². The van der Waals surface area contributed by atoms with Crippen LogP contribution in [0.2, 0.25) is 0 Å². The van der Waals surface area contributed by atoms with E-state index in [4.69, 9.17) is 4.74 Å². The van der Waals surface area contributed by atoms with Gasteiger partial charge in [0.05, 0.1) is 24.8 Å². The molecule has 2 saturated heterocycles. The summed E-state index contributed by atoms with van der Waals surface area (Å²) in [6, 6.07) is 0. The maximum Gasteiger partial charge on any atom is 0.281 e. The molecule has 10 heteroatoms. The van der Waals surface area contributed by atoms with E-state index < -0.39 is 5.41 Å². The number of carbonyl (C=O) groups is 3. The molecule has 1 unspecified atom stereocenters. The Bertz CT molecular complexity index is 798. The number of nitrogens with zero attached hydrogens (tertiary/aromatic N) is 3. The van der Waals surface area contributed by atoms with Crippen LogP contribution in [0.4, 0.5) is 5.13 Å². The molecular formula is C20H31N5O4S. The summed E-state index contributed by atoms with van der Waals surface area (Å²) in [6.07, 6.45) is 1.46. The van der Waals surface area contributed by atoms with Gasteiger partial charge in [-0.2, -0.15) is 0 Å². The van der Waals surface area contributed by atoms with Gasteiger partial charge in [-0.1, -0.05) is 32.1 Å². The van der Waals surface area contributed by atoms with Crippen LogP contribution in [0.1, 0.15) is 49.0 Å². The van der Waals surface area contributed by atoms with Gasteiger partial charge in [-0.3, -0.25) is 25.2 Å². The quantitative estimate of drug-likeness (QED) is 0.692. The van der Waals surface area contributed by atoms with Gasteiger partial charge in [-0.15, -0.1) is 0 Å². The van der Waals surface area contributed by atoms with E-state index in [1.165, 1.54) is 11.3 Å². The topological polar surface area (TPSA) is 104 Å². The molecule has 30 heavy (non-hydrogen) atoms. The lowest BCUT2D eigenvalue weighted by atomic mass is 9.91. The average molecular weight is 438 g/mol. The first kappa shape index (κ1) is 22.5. The van der Waals surface area contributed by atoms with E-state index in [0.29, 0.717) is 43.3 Å². The highest BCUT2D eigenvalue weighted by molar-refractivity contribution is 7.17. The number of morpholine rings is 1. The third kappa shape index (κ3) is 5.28. The first-order chi connectivity index (χ1) is 14.2. The molecule has 0 bridgehead atoms. The Labute approximate surface area is 181 Å². The zero-order chi connectivity index (χ0) is 21.9. The van der Waals surface area contributed by atoms with Gasteiger partial charge in [0.2, 0.25) is 11.8 Å². The monoisotopic (exact) mass is 437 g/mol. The predicted octanol–water partition coefficient (Wildman–Crippen LogP) is 1.33. The molecule has 0 spiro atoms. The molecule has 0 aliphatic carbocycles. The largest absolute Gasteiger partial charge is 0.378 e. The third-order valence-electron chi connectivity index (χ3n) is 5.29. The highest BCUT2D eigenvalue weighted by atomic mass is 32.1. The first-order valence-electron chi connectivity index (χ1n) is 10.4. The fraction of sp³-hybridized carbons (Fsp3) is 0.700. The van der Waals surface area contributed by atoms with Crippen LogP contribution in [0.3, 0.4) is 0 Å². The summed E-state index contributed by atoms with van der Waals surface area (Å²) < 4.78 is 5.35. The van der Waals surface area contributed by atoms with Crippen LogP contribution < -0.4 is 15.8 Å². The summed E-state index contributed by atoms with van der Waals surface area (Å²) in [5, 5.41) is 0.788. The van der Waals surface area contributed by atoms with Gasteiger partial charge in [-0.05, 0) is 19.8 Å². The van der Waals surface area contributed by atoms with Crippen LogP contribution in [-0.4, -0.2) is 67.0 Å². The summed E-state index contributed by atoms with van der Waals surface area (Å²) in [6.45, 7) is 11.2. The third-order valence-corrected chi connectivity index (χ3v) is 6.51. The lowest BCUT2D eigenvalue weighted by molar-refractivity contribution is -0.143. The summed E-state index contributed by atoms with van der Waals surface area (Å²) in [4.78, 5) is 46.5. The van der Waals surface area contributed by atoms with Crippen molar-refractivity contribution in [2.45, 2.75) is 40.5 Å². The van der Waals surface area contributed by atoms with Crippen molar-refractivity contribution in [3.63, 3.8) is 0 Å². The first-order valence-corrected chi connectivity index (χ1v) is 11.2. The van der Waals surface area contributed by atoms with Crippen LogP contribution >= 0.6 is 11.3 Å². The Morgan fingerprint density at radius 2 is 1.83 bits per heavy atom. The smallest absolute Gasteiger partial charge is 0.281 e. The Morgan fingerprint density at radius 1 is 1.13 bits per heavy atom. The van der Waals surface area contributed by atoms with Crippen molar-refractivity contribution in [2.24, 2.45) is 11.3 Å². The summed E-state index contributed by atoms with van der Waals surface area (Å²) in [5.74, 6) is -0.946. The predicted molar refractivity (Wildman–Crippen MR) is 114 cm³/mol. The van der Waals surface area contributed by atoms with Gasteiger partial charge in [0.25, 0.3) is 5.91 Å². The van der Waals surface area contributed by atoms with E-state index in [2.05, 4.69) is 20.7 Å². The minimum Gasteiger partial charge on any atom is -0.378 e. The molecule has 1 aromatic rings. The van der Waals surface area contributed by atoms with Crippen molar-refractivity contribution in [3.8, 4) is 0 Å². The van der Waals surface area contributed by atoms with Gasteiger partial charge in [-0.25, -0.2) is 4.98 Å². The van der Waals surface area contributed by atoms with Crippen molar-refractivity contribution in [1.82, 2.24) is 20.7 Å². The normalized spacial score (nSPS) is 20.1. The lowest BCUT2D eigenvalue weighted by Gasteiger charge is -2.35. The Balaban J connectivity index is 1.55. The summed E-state index contributed by atoms with van der Waals surface area (Å²) in [5.41, 5.74) is 5.20. The average Bonchev–Trinajstić information content (AvgIpc) is 3.13. The van der Waals surface area contributed by atoms with Crippen molar-refractivity contribution in [3.05, 3.63) is 10.6 Å². The van der Waals surface area contributed by atoms with Crippen LogP contribution in [0.15, 0.2) is 0 Å². The SMILES string of the molecule is Cc1nc(N2CCOCC2)sc1C(=O)NNC(=O)C1CCCN(C(=O)C(C)(C)C)C1. The molecule has 3 heterocycles. The fourth-order valence-corrected chi connectivity index (χ4v) is 4.62. The van der Waals surface area contributed by atoms with Crippen molar-refractivity contribution >= 4 is 34.2 Å². The second-order valence-corrected chi connectivity index (χ2v) is 9.77. The number of anilines is 1. The number of hydrogen-bond donors (Lipinski definition) is 2. The molecule has 0 radical (unpaired) electrons. The number of thiazole rings is 1. The number of hydrogen-bond acceptors (Lipinski definition) is 7. The second kappa shape index (κ2) is 9.30. The summed E-state index contributed by atoms with van der Waals surface area (Å²) in [7, 11) is 0. The number of amides is 3. The van der Waals surface area contributed by atoms with E-state index in [0.717, 1.165) is 24.6 Å². The molecule has 0 saturated carbocycles. The van der Waals surface area contributed by atoms with Gasteiger partial charge in [0.15, 0.2) is 5.13 Å². The lowest BCUT2D eigenvalue weighted by Crippen LogP contribution is -2.51. The molecular weight excluding hydrogens is 406 g/mol. The van der Waals surface area contributed by atoms with E-state index >= 15 is 0 Å². The molecule has 1 atom stereocenters. The zero-order valence-electron chi connectivity index (χ0n) is 18.1. The molecule has 1 aromatic heterocycles. The molecule has 2 aliphatic rings. The van der Waals surface area contributed by atoms with E-state index in [-0.39, 0.29) is 23.6 Å². The van der Waals surface area contributed by atoms with E-state index in [9.17, 15) is 14.4 Å². The van der Waals surface area contributed by atoms with Crippen LogP contribution in [-0.2, 0) is 14.3 Å². The molecule has 2 N–H and O–H groups in total. The molecule has 3 amide bonds. The van der Waals surface area contributed by atoms with Gasteiger partial charge < -0.3 is 14.5 Å². The maximum absolute atomic E-state index is 12.6. The number of nitrogens with one attached hydrogen (secondary N) is 2. The van der Waals surface area contributed by atoms with Crippen molar-refractivity contribution in [2.75, 3.05) is 44.3 Å². The van der Waals surface area contributed by atoms with E-state index in [1.54, 1.807) is 11.8 Å². The molecule has 166 valence electrons. The number of ether oxygens (including phenoxy) is 1. The van der Waals surface area contributed by atoms with Gasteiger partial charge in [0, 0.05) is 31.6 Å². The molecule has 0 aromatic carbocycles. The Morgan fingerprint density at radius 3 is 2.50 bits per heavy atom. The number of piperidine rings is 1. The standard InChI is InChI=1S/C20H31N5O4S/c1-13-15(30-19(21-13)24-8-10-29-11-9-24)17(27)23-22-16(26)14-6-5-7-25(12-14)18(28)20(2,3)4/h14H,5-12H2,1-4H3,(H,22,26)(H,23,27). The maximum atomic E-state index is 12.6. The van der Waals surface area contributed by atoms with Gasteiger partial charge >= 0.3 is 0 Å². The molecule has 3 rings (SSSR count). The van der Waals surface area contributed by atoms with Crippen LogP contribution in [0, 0.1) is 18.3 Å².